The summed E-state index contributed by atoms with van der Waals surface area (Å²) in [5, 5.41) is 3.02. The van der Waals surface area contributed by atoms with E-state index in [1.807, 2.05) is 26.0 Å². The molecule has 0 aliphatic carbocycles. The molecule has 0 heterocycles. The van der Waals surface area contributed by atoms with Crippen LogP contribution in [0.3, 0.4) is 0 Å². The summed E-state index contributed by atoms with van der Waals surface area (Å²) in [4.78, 5) is 0. The first-order valence-corrected chi connectivity index (χ1v) is 7.43. The molecule has 0 amide bonds. The Morgan fingerprint density at radius 1 is 1.14 bits per heavy atom. The minimum Gasteiger partial charge on any atom is -0.451 e. The van der Waals surface area contributed by atoms with Gasteiger partial charge in [-0.25, -0.2) is 8.78 Å². The molecule has 1 N–H and O–H groups in total. The van der Waals surface area contributed by atoms with Crippen molar-refractivity contribution in [3.05, 3.63) is 57.6 Å². The van der Waals surface area contributed by atoms with Crippen LogP contribution in [0.1, 0.15) is 18.1 Å². The highest BCUT2D eigenvalue weighted by Crippen LogP contribution is 2.32. The molecule has 2 aromatic carbocycles. The van der Waals surface area contributed by atoms with Crippen molar-refractivity contribution >= 4 is 15.9 Å². The normalized spacial score (nSPS) is 10.7. The van der Waals surface area contributed by atoms with Gasteiger partial charge >= 0.3 is 0 Å². The summed E-state index contributed by atoms with van der Waals surface area (Å²) < 4.78 is 34.3. The zero-order chi connectivity index (χ0) is 15.4. The third-order valence-corrected chi connectivity index (χ3v) is 3.49. The van der Waals surface area contributed by atoms with Crippen molar-refractivity contribution in [2.75, 3.05) is 6.54 Å². The van der Waals surface area contributed by atoms with Gasteiger partial charge in [-0.15, -0.1) is 0 Å². The number of rotatable bonds is 5. The molecule has 0 radical (unpaired) electrons. The van der Waals surface area contributed by atoms with Crippen LogP contribution in [0.15, 0.2) is 34.8 Å². The lowest BCUT2D eigenvalue weighted by Crippen LogP contribution is -2.12. The average Bonchev–Trinajstić information content (AvgIpc) is 2.44. The van der Waals surface area contributed by atoms with Crippen LogP contribution in [-0.2, 0) is 6.54 Å². The molecule has 0 unspecified atom stereocenters. The SMILES string of the molecule is CCNCc1cc(F)c(Oc2cc(Br)ccc2C)c(F)c1. The van der Waals surface area contributed by atoms with Crippen LogP contribution >= 0.6 is 15.9 Å². The quantitative estimate of drug-likeness (QED) is 0.820. The molecule has 5 heteroatoms. The van der Waals surface area contributed by atoms with Gasteiger partial charge in [0.15, 0.2) is 17.4 Å². The maximum atomic E-state index is 14.1. The summed E-state index contributed by atoms with van der Waals surface area (Å²) in [7, 11) is 0. The van der Waals surface area contributed by atoms with Gasteiger partial charge < -0.3 is 10.1 Å². The molecule has 0 aliphatic heterocycles. The third kappa shape index (κ3) is 4.02. The van der Waals surface area contributed by atoms with Crippen molar-refractivity contribution in [3.63, 3.8) is 0 Å². The topological polar surface area (TPSA) is 21.3 Å². The highest BCUT2D eigenvalue weighted by molar-refractivity contribution is 9.10. The van der Waals surface area contributed by atoms with Crippen LogP contribution in [0.5, 0.6) is 11.5 Å². The van der Waals surface area contributed by atoms with E-state index in [0.29, 0.717) is 17.9 Å². The number of ether oxygens (including phenoxy) is 1. The van der Waals surface area contributed by atoms with Crippen molar-refractivity contribution in [3.8, 4) is 11.5 Å². The molecule has 0 atom stereocenters. The van der Waals surface area contributed by atoms with Crippen molar-refractivity contribution in [1.29, 1.82) is 0 Å². The second kappa shape index (κ2) is 7.00. The van der Waals surface area contributed by atoms with E-state index in [2.05, 4.69) is 21.2 Å². The number of hydrogen-bond acceptors (Lipinski definition) is 2. The fourth-order valence-electron chi connectivity index (χ4n) is 1.88. The summed E-state index contributed by atoms with van der Waals surface area (Å²) >= 11 is 3.31. The number of aryl methyl sites for hydroxylation is 1. The Kier molecular flexibility index (Phi) is 5.31. The van der Waals surface area contributed by atoms with Crippen molar-refractivity contribution < 1.29 is 13.5 Å². The molecule has 21 heavy (non-hydrogen) atoms. The van der Waals surface area contributed by atoms with E-state index in [1.165, 1.54) is 12.1 Å². The third-order valence-electron chi connectivity index (χ3n) is 3.00. The van der Waals surface area contributed by atoms with E-state index < -0.39 is 11.6 Å². The molecule has 0 aliphatic rings. The van der Waals surface area contributed by atoms with Crippen LogP contribution in [0, 0.1) is 18.6 Å². The highest BCUT2D eigenvalue weighted by atomic mass is 79.9. The zero-order valence-electron chi connectivity index (χ0n) is 11.8. The smallest absolute Gasteiger partial charge is 0.198 e. The lowest BCUT2D eigenvalue weighted by molar-refractivity contribution is 0.404. The molecule has 0 saturated carbocycles. The van der Waals surface area contributed by atoms with Gasteiger partial charge in [0, 0.05) is 11.0 Å². The van der Waals surface area contributed by atoms with Crippen LogP contribution in [-0.4, -0.2) is 6.54 Å². The summed E-state index contributed by atoms with van der Waals surface area (Å²) in [5.41, 5.74) is 1.35. The van der Waals surface area contributed by atoms with Crippen molar-refractivity contribution in [2.45, 2.75) is 20.4 Å². The van der Waals surface area contributed by atoms with Crippen molar-refractivity contribution in [2.24, 2.45) is 0 Å². The second-order valence-corrected chi connectivity index (χ2v) is 5.60. The van der Waals surface area contributed by atoms with E-state index in [9.17, 15) is 8.78 Å². The van der Waals surface area contributed by atoms with Gasteiger partial charge in [-0.05, 0) is 48.9 Å². The lowest BCUT2D eigenvalue weighted by Gasteiger charge is -2.12. The lowest BCUT2D eigenvalue weighted by atomic mass is 10.2. The molecule has 0 bridgehead atoms. The van der Waals surface area contributed by atoms with Crippen LogP contribution in [0.25, 0.3) is 0 Å². The Balaban J connectivity index is 2.30. The Hall–Kier alpha value is -1.46. The minimum absolute atomic E-state index is 0.378. The summed E-state index contributed by atoms with van der Waals surface area (Å²) in [5.74, 6) is -1.37. The van der Waals surface area contributed by atoms with Crippen LogP contribution in [0.2, 0.25) is 0 Å². The van der Waals surface area contributed by atoms with Gasteiger partial charge in [0.25, 0.3) is 0 Å². The van der Waals surface area contributed by atoms with Gasteiger partial charge in [-0.1, -0.05) is 28.9 Å². The average molecular weight is 356 g/mol. The Morgan fingerprint density at radius 2 is 1.81 bits per heavy atom. The molecule has 2 nitrogen and oxygen atoms in total. The summed E-state index contributed by atoms with van der Waals surface area (Å²) in [6.45, 7) is 4.90. The number of nitrogens with one attached hydrogen (secondary N) is 1. The predicted octanol–water partition coefficient (Wildman–Crippen LogP) is 4.94. The predicted molar refractivity (Wildman–Crippen MR) is 82.7 cm³/mol. The molecule has 0 aromatic heterocycles. The first-order chi connectivity index (χ1) is 10.0. The first-order valence-electron chi connectivity index (χ1n) is 6.64. The van der Waals surface area contributed by atoms with Gasteiger partial charge in [-0.2, -0.15) is 0 Å². The minimum atomic E-state index is -0.706. The van der Waals surface area contributed by atoms with E-state index in [-0.39, 0.29) is 5.75 Å². The highest BCUT2D eigenvalue weighted by Gasteiger charge is 2.15. The number of hydrogen-bond donors (Lipinski definition) is 1. The Morgan fingerprint density at radius 3 is 2.43 bits per heavy atom. The van der Waals surface area contributed by atoms with Crippen LogP contribution < -0.4 is 10.1 Å². The molecule has 112 valence electrons. The summed E-state index contributed by atoms with van der Waals surface area (Å²) in [6, 6.07) is 7.91. The van der Waals surface area contributed by atoms with Gasteiger partial charge in [0.1, 0.15) is 5.75 Å². The maximum Gasteiger partial charge on any atom is 0.198 e. The molecular formula is C16H16BrF2NO. The molecule has 2 rings (SSSR count). The van der Waals surface area contributed by atoms with Gasteiger partial charge in [0.2, 0.25) is 0 Å². The van der Waals surface area contributed by atoms with E-state index in [4.69, 9.17) is 4.74 Å². The van der Waals surface area contributed by atoms with E-state index in [0.717, 1.165) is 16.6 Å². The molecule has 2 aromatic rings. The van der Waals surface area contributed by atoms with E-state index >= 15 is 0 Å². The van der Waals surface area contributed by atoms with Gasteiger partial charge in [0.05, 0.1) is 0 Å². The molecule has 0 spiro atoms. The van der Waals surface area contributed by atoms with Gasteiger partial charge in [-0.3, -0.25) is 0 Å². The Labute approximate surface area is 131 Å². The maximum absolute atomic E-state index is 14.1. The molecular weight excluding hydrogens is 340 g/mol. The fourth-order valence-corrected chi connectivity index (χ4v) is 2.22. The molecule has 0 saturated heterocycles. The monoisotopic (exact) mass is 355 g/mol. The standard InChI is InChI=1S/C16H16BrF2NO/c1-3-20-9-11-6-13(18)16(14(19)7-11)21-15-8-12(17)5-4-10(15)2/h4-8,20H,3,9H2,1-2H3. The summed E-state index contributed by atoms with van der Waals surface area (Å²) in [6.07, 6.45) is 0. The van der Waals surface area contributed by atoms with Crippen molar-refractivity contribution in [1.82, 2.24) is 5.32 Å². The largest absolute Gasteiger partial charge is 0.451 e. The van der Waals surface area contributed by atoms with E-state index in [1.54, 1.807) is 6.07 Å². The number of halogens is 3. The fraction of sp³-hybridized carbons (Fsp3) is 0.250. The second-order valence-electron chi connectivity index (χ2n) is 4.68. The van der Waals surface area contributed by atoms with Crippen LogP contribution in [0.4, 0.5) is 8.78 Å². The first kappa shape index (κ1) is 15.9. The number of benzene rings is 2. The zero-order valence-corrected chi connectivity index (χ0v) is 13.4. The molecule has 0 fully saturated rings. The Bertz CT molecular complexity index is 623.